The van der Waals surface area contributed by atoms with E-state index in [0.717, 1.165) is 83.5 Å². The maximum Gasteiger partial charge on any atom is 0.228 e. The fourth-order valence-electron chi connectivity index (χ4n) is 7.50. The van der Waals surface area contributed by atoms with Crippen LogP contribution in [0.4, 0.5) is 0 Å². The van der Waals surface area contributed by atoms with Crippen LogP contribution < -0.4 is 5.32 Å². The Morgan fingerprint density at radius 3 is 2.77 bits per heavy atom. The van der Waals surface area contributed by atoms with Gasteiger partial charge in [0.2, 0.25) is 5.91 Å². The molecule has 35 heavy (non-hydrogen) atoms. The summed E-state index contributed by atoms with van der Waals surface area (Å²) in [5, 5.41) is 4.16. The van der Waals surface area contributed by atoms with E-state index < -0.39 is 0 Å². The molecule has 186 valence electrons. The number of pyridine rings is 1. The number of amides is 1. The predicted octanol–water partition coefficient (Wildman–Crippen LogP) is 4.73. The van der Waals surface area contributed by atoms with Crippen LogP contribution in [0.25, 0.3) is 0 Å². The van der Waals surface area contributed by atoms with Gasteiger partial charge in [-0.1, -0.05) is 48.0 Å². The van der Waals surface area contributed by atoms with E-state index in [-0.39, 0.29) is 17.4 Å². The quantitative estimate of drug-likeness (QED) is 0.628. The Kier molecular flexibility index (Phi) is 6.59. The number of aryl methyl sites for hydroxylation is 1. The molecule has 5 nitrogen and oxygen atoms in total. The summed E-state index contributed by atoms with van der Waals surface area (Å²) < 4.78 is 5.71. The number of hydrogen-bond donors (Lipinski definition) is 1. The average molecular weight is 494 g/mol. The highest BCUT2D eigenvalue weighted by Crippen LogP contribution is 2.47. The van der Waals surface area contributed by atoms with Crippen molar-refractivity contribution in [3.63, 3.8) is 0 Å². The van der Waals surface area contributed by atoms with Crippen LogP contribution in [0.2, 0.25) is 5.15 Å². The first-order chi connectivity index (χ1) is 17.2. The second kappa shape index (κ2) is 9.84. The molecule has 1 aliphatic carbocycles. The molecule has 3 saturated heterocycles. The molecular weight excluding hydrogens is 458 g/mol. The van der Waals surface area contributed by atoms with E-state index in [4.69, 9.17) is 16.3 Å². The lowest BCUT2D eigenvalue weighted by Crippen LogP contribution is -2.55. The number of nitrogens with zero attached hydrogens (tertiary/aromatic N) is 2. The van der Waals surface area contributed by atoms with Crippen LogP contribution in [0.1, 0.15) is 61.3 Å². The van der Waals surface area contributed by atoms with Gasteiger partial charge in [0.05, 0.1) is 5.92 Å². The zero-order valence-electron chi connectivity index (χ0n) is 20.4. The molecule has 0 bridgehead atoms. The van der Waals surface area contributed by atoms with Crippen molar-refractivity contribution in [1.29, 1.82) is 0 Å². The molecule has 3 aliphatic heterocycles. The molecule has 1 N–H and O–H groups in total. The molecule has 1 amide bonds. The number of fused-ring (bicyclic) bond motifs is 2. The van der Waals surface area contributed by atoms with Crippen LogP contribution in [-0.4, -0.2) is 54.7 Å². The lowest BCUT2D eigenvalue weighted by molar-refractivity contribution is -0.143. The summed E-state index contributed by atoms with van der Waals surface area (Å²) >= 11 is 6.25. The van der Waals surface area contributed by atoms with Gasteiger partial charge in [0.1, 0.15) is 5.15 Å². The van der Waals surface area contributed by atoms with E-state index >= 15 is 0 Å². The number of carbonyl (C=O) groups excluding carboxylic acids is 1. The van der Waals surface area contributed by atoms with Crippen LogP contribution in [0.5, 0.6) is 0 Å². The summed E-state index contributed by atoms with van der Waals surface area (Å²) in [5.74, 6) is 1.34. The van der Waals surface area contributed by atoms with Crippen molar-refractivity contribution in [3.8, 4) is 0 Å². The number of aromatic nitrogens is 1. The zero-order valence-corrected chi connectivity index (χ0v) is 21.2. The molecule has 2 aromatic rings. The number of rotatable bonds is 3. The second-order valence-corrected chi connectivity index (χ2v) is 11.4. The Balaban J connectivity index is 1.30. The molecule has 6 heteroatoms. The first-order valence-electron chi connectivity index (χ1n) is 13.5. The van der Waals surface area contributed by atoms with E-state index in [1.807, 2.05) is 6.07 Å². The van der Waals surface area contributed by atoms with Crippen LogP contribution in [0, 0.1) is 11.8 Å². The van der Waals surface area contributed by atoms with Gasteiger partial charge in [-0.3, -0.25) is 4.79 Å². The van der Waals surface area contributed by atoms with Gasteiger partial charge < -0.3 is 15.0 Å². The number of likely N-dealkylation sites (tertiary alicyclic amines) is 1. The largest absolute Gasteiger partial charge is 0.381 e. The van der Waals surface area contributed by atoms with Crippen molar-refractivity contribution in [1.82, 2.24) is 15.2 Å². The average Bonchev–Trinajstić information content (AvgIpc) is 3.32. The Hall–Kier alpha value is -1.95. The molecular formula is C29H36ClN3O2. The van der Waals surface area contributed by atoms with E-state index in [9.17, 15) is 4.79 Å². The molecule has 0 radical (unpaired) electrons. The van der Waals surface area contributed by atoms with Crippen molar-refractivity contribution in [2.75, 3.05) is 32.8 Å². The van der Waals surface area contributed by atoms with Crippen LogP contribution >= 0.6 is 11.6 Å². The number of hydrogen-bond acceptors (Lipinski definition) is 4. The lowest BCUT2D eigenvalue weighted by atomic mass is 9.65. The van der Waals surface area contributed by atoms with Gasteiger partial charge in [0, 0.05) is 50.0 Å². The van der Waals surface area contributed by atoms with Crippen molar-refractivity contribution in [3.05, 3.63) is 64.4 Å². The van der Waals surface area contributed by atoms with Gasteiger partial charge in [-0.2, -0.15) is 0 Å². The van der Waals surface area contributed by atoms with Gasteiger partial charge in [0.25, 0.3) is 0 Å². The van der Waals surface area contributed by atoms with E-state index in [2.05, 4.69) is 51.6 Å². The minimum atomic E-state index is -0.168. The molecule has 4 unspecified atom stereocenters. The van der Waals surface area contributed by atoms with Crippen molar-refractivity contribution >= 4 is 17.5 Å². The van der Waals surface area contributed by atoms with E-state index in [1.54, 1.807) is 0 Å². The summed E-state index contributed by atoms with van der Waals surface area (Å²) in [6, 6.07) is 15.2. The standard InChI is InChI=1S/C29H36ClN3O2/c30-27-9-8-23-25(32-27)7-4-13-29(23)19-31-18-24(29)28(34)33-14-10-22(20-5-2-1-3-6-20)17-26(33)21-11-15-35-16-12-21/h1-3,5-6,8-9,21-22,24,26,31H,4,7,10-19H2. The number of carbonyl (C=O) groups is 1. The highest BCUT2D eigenvalue weighted by atomic mass is 35.5. The number of halogens is 1. The first kappa shape index (κ1) is 23.4. The number of nitrogens with one attached hydrogen (secondary N) is 1. The fourth-order valence-corrected chi connectivity index (χ4v) is 7.66. The molecule has 4 aliphatic rings. The first-order valence-corrected chi connectivity index (χ1v) is 13.8. The van der Waals surface area contributed by atoms with Crippen LogP contribution in [0.3, 0.4) is 0 Å². The van der Waals surface area contributed by atoms with E-state index in [0.29, 0.717) is 22.9 Å². The smallest absolute Gasteiger partial charge is 0.228 e. The number of piperidine rings is 1. The second-order valence-electron chi connectivity index (χ2n) is 11.0. The SMILES string of the molecule is O=C(C1CNCC12CCCc1nc(Cl)ccc12)N1CCC(c2ccccc2)CC1C1CCOCC1. The van der Waals surface area contributed by atoms with Gasteiger partial charge >= 0.3 is 0 Å². The summed E-state index contributed by atoms with van der Waals surface area (Å²) in [6.45, 7) is 4.07. The van der Waals surface area contributed by atoms with Crippen LogP contribution in [-0.2, 0) is 21.4 Å². The van der Waals surface area contributed by atoms with Crippen molar-refractivity contribution in [2.45, 2.75) is 62.3 Å². The minimum Gasteiger partial charge on any atom is -0.381 e. The zero-order chi connectivity index (χ0) is 23.8. The van der Waals surface area contributed by atoms with Crippen molar-refractivity contribution in [2.24, 2.45) is 11.8 Å². The van der Waals surface area contributed by atoms with Gasteiger partial charge in [-0.25, -0.2) is 4.98 Å². The maximum absolute atomic E-state index is 14.5. The molecule has 3 fully saturated rings. The third-order valence-electron chi connectivity index (χ3n) is 9.28. The number of benzene rings is 1. The topological polar surface area (TPSA) is 54.5 Å². The number of ether oxygens (including phenoxy) is 1. The third kappa shape index (κ3) is 4.30. The molecule has 0 saturated carbocycles. The maximum atomic E-state index is 14.5. The Bertz CT molecular complexity index is 1060. The molecule has 1 aromatic heterocycles. The molecule has 4 heterocycles. The normalized spacial score (nSPS) is 31.5. The molecule has 1 spiro atoms. The third-order valence-corrected chi connectivity index (χ3v) is 9.49. The highest BCUT2D eigenvalue weighted by molar-refractivity contribution is 6.29. The Labute approximate surface area is 213 Å². The van der Waals surface area contributed by atoms with E-state index in [1.165, 1.54) is 11.1 Å². The molecule has 6 rings (SSSR count). The Morgan fingerprint density at radius 2 is 1.94 bits per heavy atom. The molecule has 4 atom stereocenters. The minimum absolute atomic E-state index is 0.0415. The lowest BCUT2D eigenvalue weighted by Gasteiger charge is -2.47. The van der Waals surface area contributed by atoms with Crippen LogP contribution in [0.15, 0.2) is 42.5 Å². The molecule has 1 aromatic carbocycles. The van der Waals surface area contributed by atoms with Gasteiger partial charge in [-0.05, 0) is 74.0 Å². The predicted molar refractivity (Wildman–Crippen MR) is 138 cm³/mol. The highest BCUT2D eigenvalue weighted by Gasteiger charge is 2.52. The summed E-state index contributed by atoms with van der Waals surface area (Å²) in [7, 11) is 0. The monoisotopic (exact) mass is 493 g/mol. The Morgan fingerprint density at radius 1 is 1.11 bits per heavy atom. The van der Waals surface area contributed by atoms with Gasteiger partial charge in [-0.15, -0.1) is 0 Å². The van der Waals surface area contributed by atoms with Crippen molar-refractivity contribution < 1.29 is 9.53 Å². The fraction of sp³-hybridized carbons (Fsp3) is 0.586. The summed E-state index contributed by atoms with van der Waals surface area (Å²) in [6.07, 6.45) is 7.24. The van der Waals surface area contributed by atoms with Gasteiger partial charge in [0.15, 0.2) is 0 Å². The summed E-state index contributed by atoms with van der Waals surface area (Å²) in [4.78, 5) is 21.4. The summed E-state index contributed by atoms with van der Waals surface area (Å²) in [5.41, 5.74) is 3.59.